The molecule has 0 amide bonds. The SMILES string of the molecule is F[B-](F)(F)F.[Ir+3].[c-]1ccccc1-c1ccccn1.[c-]1ccccc1-c1ccccn1.c1ccc(-c2nc3ccccc3[nH]2)nc1. The van der Waals surface area contributed by atoms with E-state index in [0.717, 1.165) is 45.1 Å². The Kier molecular flexibility index (Phi) is 13.8. The summed E-state index contributed by atoms with van der Waals surface area (Å²) in [7, 11) is -6.00. The average molecular weight is 783 g/mol. The van der Waals surface area contributed by atoms with Gasteiger partial charge >= 0.3 is 27.4 Å². The van der Waals surface area contributed by atoms with Crippen molar-refractivity contribution in [3.05, 3.63) is 158 Å². The topological polar surface area (TPSA) is 67.3 Å². The van der Waals surface area contributed by atoms with Gasteiger partial charge in [-0.25, -0.2) is 4.98 Å². The second-order valence-corrected chi connectivity index (χ2v) is 8.79. The van der Waals surface area contributed by atoms with Crippen molar-refractivity contribution in [1.29, 1.82) is 0 Å². The smallest absolute Gasteiger partial charge is 0.418 e. The number of benzene rings is 3. The Morgan fingerprint density at radius 1 is 0.511 bits per heavy atom. The molecule has 45 heavy (non-hydrogen) atoms. The van der Waals surface area contributed by atoms with Crippen LogP contribution in [0, 0.1) is 12.1 Å². The first-order valence-corrected chi connectivity index (χ1v) is 13.4. The summed E-state index contributed by atoms with van der Waals surface area (Å²) >= 11 is 0. The number of nitrogens with zero attached hydrogens (tertiary/aromatic N) is 4. The maximum absolute atomic E-state index is 9.75. The monoisotopic (exact) mass is 783 g/mol. The van der Waals surface area contributed by atoms with E-state index in [1.54, 1.807) is 18.6 Å². The van der Waals surface area contributed by atoms with Gasteiger partial charge in [-0.2, -0.15) is 0 Å². The molecule has 0 radical (unpaired) electrons. The normalized spacial score (nSPS) is 10.0. The second-order valence-electron chi connectivity index (χ2n) is 8.79. The van der Waals surface area contributed by atoms with Crippen molar-refractivity contribution in [2.24, 2.45) is 0 Å². The maximum atomic E-state index is 9.75. The minimum atomic E-state index is -6.00. The van der Waals surface area contributed by atoms with Crippen LogP contribution in [0.25, 0.3) is 45.1 Å². The summed E-state index contributed by atoms with van der Waals surface area (Å²) in [5.41, 5.74) is 6.90. The van der Waals surface area contributed by atoms with Crippen LogP contribution in [-0.4, -0.2) is 32.2 Å². The van der Waals surface area contributed by atoms with E-state index >= 15 is 0 Å². The van der Waals surface area contributed by atoms with E-state index in [9.17, 15) is 17.3 Å². The van der Waals surface area contributed by atoms with Gasteiger partial charge in [-0.15, -0.1) is 71.8 Å². The molecule has 0 aliphatic rings. The van der Waals surface area contributed by atoms with Gasteiger partial charge in [0.05, 0.1) is 11.0 Å². The van der Waals surface area contributed by atoms with E-state index < -0.39 is 7.25 Å². The molecule has 4 aromatic heterocycles. The van der Waals surface area contributed by atoms with Gasteiger partial charge in [-0.05, 0) is 47.8 Å². The van der Waals surface area contributed by atoms with Crippen LogP contribution in [0.3, 0.4) is 0 Å². The number of nitrogens with one attached hydrogen (secondary N) is 1. The molecule has 5 nitrogen and oxygen atoms in total. The van der Waals surface area contributed by atoms with E-state index in [1.807, 2.05) is 127 Å². The Bertz CT molecular complexity index is 1610. The molecule has 0 aliphatic carbocycles. The van der Waals surface area contributed by atoms with Crippen LogP contribution in [0.1, 0.15) is 0 Å². The van der Waals surface area contributed by atoms with Crippen molar-refractivity contribution in [1.82, 2.24) is 24.9 Å². The molecule has 226 valence electrons. The molecule has 0 spiro atoms. The van der Waals surface area contributed by atoms with E-state index in [2.05, 4.69) is 37.1 Å². The van der Waals surface area contributed by atoms with Crippen LogP contribution in [0.15, 0.2) is 146 Å². The minimum Gasteiger partial charge on any atom is -0.418 e. The predicted molar refractivity (Wildman–Crippen MR) is 167 cm³/mol. The summed E-state index contributed by atoms with van der Waals surface area (Å²) in [6.45, 7) is 0. The molecule has 0 saturated heterocycles. The first-order valence-electron chi connectivity index (χ1n) is 13.4. The number of hydrogen-bond donors (Lipinski definition) is 1. The fourth-order valence-corrected chi connectivity index (χ4v) is 3.73. The summed E-state index contributed by atoms with van der Waals surface area (Å²) in [5, 5.41) is 0. The van der Waals surface area contributed by atoms with Crippen molar-refractivity contribution in [3.8, 4) is 34.0 Å². The fourth-order valence-electron chi connectivity index (χ4n) is 3.73. The van der Waals surface area contributed by atoms with Crippen LogP contribution < -0.4 is 0 Å². The Morgan fingerprint density at radius 3 is 1.33 bits per heavy atom. The first-order chi connectivity index (χ1) is 21.4. The van der Waals surface area contributed by atoms with Gasteiger partial charge in [0.25, 0.3) is 0 Å². The Balaban J connectivity index is 0.000000171. The van der Waals surface area contributed by atoms with Gasteiger partial charge in [0.15, 0.2) is 5.82 Å². The molecule has 0 unspecified atom stereocenters. The molecule has 0 bridgehead atoms. The van der Waals surface area contributed by atoms with E-state index in [0.29, 0.717) is 0 Å². The van der Waals surface area contributed by atoms with Crippen molar-refractivity contribution in [2.45, 2.75) is 0 Å². The third kappa shape index (κ3) is 12.3. The number of rotatable bonds is 3. The molecule has 7 aromatic rings. The molecule has 4 heterocycles. The van der Waals surface area contributed by atoms with Crippen LogP contribution in [0.2, 0.25) is 0 Å². The molecule has 11 heteroatoms. The number of imidazole rings is 1. The molecular formula is C34H25BF4IrN5. The Labute approximate surface area is 271 Å². The summed E-state index contributed by atoms with van der Waals surface area (Å²) in [5.74, 6) is 0.816. The fraction of sp³-hybridized carbons (Fsp3) is 0. The molecule has 1 N–H and O–H groups in total. The van der Waals surface area contributed by atoms with Gasteiger partial charge in [0.2, 0.25) is 0 Å². The predicted octanol–water partition coefficient (Wildman–Crippen LogP) is 9.02. The van der Waals surface area contributed by atoms with Crippen molar-refractivity contribution < 1.29 is 37.4 Å². The molecule has 0 fully saturated rings. The van der Waals surface area contributed by atoms with Crippen molar-refractivity contribution in [3.63, 3.8) is 0 Å². The van der Waals surface area contributed by atoms with Gasteiger partial charge in [-0.3, -0.25) is 4.98 Å². The largest absolute Gasteiger partial charge is 3.00 e. The zero-order chi connectivity index (χ0) is 31.0. The number of aromatic amines is 1. The van der Waals surface area contributed by atoms with Gasteiger partial charge < -0.3 is 32.2 Å². The Morgan fingerprint density at radius 2 is 0.933 bits per heavy atom. The summed E-state index contributed by atoms with van der Waals surface area (Å²) in [6, 6.07) is 47.4. The third-order valence-corrected chi connectivity index (χ3v) is 5.60. The summed E-state index contributed by atoms with van der Waals surface area (Å²) < 4.78 is 39.0. The molecule has 0 saturated carbocycles. The van der Waals surface area contributed by atoms with Crippen molar-refractivity contribution >= 4 is 18.3 Å². The van der Waals surface area contributed by atoms with E-state index in [-0.39, 0.29) is 20.1 Å². The third-order valence-electron chi connectivity index (χ3n) is 5.60. The number of aromatic nitrogens is 5. The minimum absolute atomic E-state index is 0. The van der Waals surface area contributed by atoms with Crippen LogP contribution in [0.5, 0.6) is 0 Å². The number of H-pyrrole nitrogens is 1. The zero-order valence-electron chi connectivity index (χ0n) is 23.6. The number of pyridine rings is 3. The van der Waals surface area contributed by atoms with Gasteiger partial charge in [0, 0.05) is 18.6 Å². The van der Waals surface area contributed by atoms with Crippen LogP contribution in [0.4, 0.5) is 17.3 Å². The van der Waals surface area contributed by atoms with Crippen LogP contribution in [-0.2, 0) is 20.1 Å². The molecule has 7 rings (SSSR count). The number of fused-ring (bicyclic) bond motifs is 1. The quantitative estimate of drug-likeness (QED) is 0.110. The standard InChI is InChI=1S/C12H9N3.2C11H8N.BF4.Ir/c1-2-6-10-9(5-1)14-12(15-10)11-7-3-4-8-13-11;2*1-2-6-10(7-3-1)11-8-4-5-9-12-11;2-1(3,4)5;/h1-8H,(H,14,15);2*1-6,8-9H;;/q;3*-1;+3. The average Bonchev–Trinajstić information content (AvgIpc) is 3.52. The van der Waals surface area contributed by atoms with Crippen LogP contribution >= 0.6 is 0 Å². The first kappa shape index (κ1) is 34.5. The van der Waals surface area contributed by atoms with E-state index in [1.165, 1.54) is 0 Å². The molecule has 0 aliphatic heterocycles. The second kappa shape index (κ2) is 18.0. The molecule has 0 atom stereocenters. The molecular weight excluding hydrogens is 757 g/mol. The van der Waals surface area contributed by atoms with Crippen molar-refractivity contribution in [2.75, 3.05) is 0 Å². The zero-order valence-corrected chi connectivity index (χ0v) is 26.0. The Hall–Kier alpha value is -4.99. The number of para-hydroxylation sites is 2. The summed E-state index contributed by atoms with van der Waals surface area (Å²) in [4.78, 5) is 20.4. The number of hydrogen-bond acceptors (Lipinski definition) is 4. The van der Waals surface area contributed by atoms with Gasteiger partial charge in [0.1, 0.15) is 5.69 Å². The number of halogens is 4. The molecule has 3 aromatic carbocycles. The van der Waals surface area contributed by atoms with E-state index in [4.69, 9.17) is 0 Å². The van der Waals surface area contributed by atoms with Gasteiger partial charge in [-0.1, -0.05) is 42.5 Å². The summed E-state index contributed by atoms with van der Waals surface area (Å²) in [6.07, 6.45) is 5.34. The maximum Gasteiger partial charge on any atom is 3.00 e.